The van der Waals surface area contributed by atoms with Gasteiger partial charge in [0.15, 0.2) is 23.1 Å². The second kappa shape index (κ2) is 12.1. The van der Waals surface area contributed by atoms with Crippen molar-refractivity contribution >= 4 is 34.6 Å². The first-order valence-corrected chi connectivity index (χ1v) is 14.5. The number of nitrogen functional groups attached to an aromatic ring is 2. The van der Waals surface area contributed by atoms with Crippen molar-refractivity contribution in [2.75, 3.05) is 62.8 Å². The number of methoxy groups -OCH3 is 1. The van der Waals surface area contributed by atoms with Gasteiger partial charge >= 0.3 is 5.97 Å². The Morgan fingerprint density at radius 1 is 1.13 bits per heavy atom. The summed E-state index contributed by atoms with van der Waals surface area (Å²) in [5.41, 5.74) is 12.1. The highest BCUT2D eigenvalue weighted by molar-refractivity contribution is 5.92. The Bertz CT molecular complexity index is 1840. The number of aromatic nitrogens is 4. The van der Waals surface area contributed by atoms with Crippen molar-refractivity contribution in [2.24, 2.45) is 0 Å². The highest BCUT2D eigenvalue weighted by atomic mass is 19.1. The number of aromatic carboxylic acids is 1. The predicted molar refractivity (Wildman–Crippen MR) is 164 cm³/mol. The number of pyridine rings is 2. The van der Waals surface area contributed by atoms with Gasteiger partial charge in [-0.2, -0.15) is 4.98 Å². The molecule has 1 saturated carbocycles. The molecule has 0 unspecified atom stereocenters. The molecule has 4 heterocycles. The number of nitrogens with two attached hydrogens (primary N) is 2. The van der Waals surface area contributed by atoms with E-state index in [0.717, 1.165) is 24.5 Å². The van der Waals surface area contributed by atoms with Crippen LogP contribution in [0.2, 0.25) is 0 Å². The molecule has 1 aliphatic heterocycles. The third kappa shape index (κ3) is 6.11. The molecular formula is C30H33FN8O6. The molecule has 0 spiro atoms. The maximum absolute atomic E-state index is 15.3. The van der Waals surface area contributed by atoms with Crippen LogP contribution in [0.25, 0.3) is 11.0 Å². The van der Waals surface area contributed by atoms with Gasteiger partial charge in [-0.25, -0.2) is 19.2 Å². The Morgan fingerprint density at radius 2 is 1.89 bits per heavy atom. The molecule has 6 N–H and O–H groups in total. The van der Waals surface area contributed by atoms with Gasteiger partial charge < -0.3 is 40.6 Å². The summed E-state index contributed by atoms with van der Waals surface area (Å²) < 4.78 is 28.3. The number of nitrogens with zero attached hydrogens (tertiary/aromatic N) is 6. The van der Waals surface area contributed by atoms with Crippen LogP contribution in [-0.4, -0.2) is 87.0 Å². The quantitative estimate of drug-likeness (QED) is 0.201. The summed E-state index contributed by atoms with van der Waals surface area (Å²) in [6.07, 6.45) is 4.90. The van der Waals surface area contributed by atoms with Gasteiger partial charge in [-0.3, -0.25) is 9.69 Å². The molecule has 1 saturated heterocycles. The molecule has 2 aliphatic rings. The minimum Gasteiger partial charge on any atom is -0.504 e. The van der Waals surface area contributed by atoms with Crippen molar-refractivity contribution in [3.05, 3.63) is 63.3 Å². The third-order valence-corrected chi connectivity index (χ3v) is 8.06. The van der Waals surface area contributed by atoms with Gasteiger partial charge in [0.1, 0.15) is 23.6 Å². The number of phenols is 1. The van der Waals surface area contributed by atoms with E-state index < -0.39 is 17.2 Å². The number of benzene rings is 1. The SMILES string of the molecule is COc1cc(Cc2cnc(N)nc2N)cc(O)c1OCCN1CCN(c2nc3c(cc2F)c(=O)c(C(=O)O)cn3C2CC2)CC1. The first-order chi connectivity index (χ1) is 21.6. The number of halogens is 1. The molecular weight excluding hydrogens is 587 g/mol. The number of fused-ring (bicyclic) bond motifs is 1. The van der Waals surface area contributed by atoms with Crippen molar-refractivity contribution in [1.29, 1.82) is 0 Å². The number of piperazine rings is 1. The zero-order valence-electron chi connectivity index (χ0n) is 24.6. The van der Waals surface area contributed by atoms with E-state index in [1.165, 1.54) is 13.3 Å². The van der Waals surface area contributed by atoms with Gasteiger partial charge in [-0.1, -0.05) is 0 Å². The lowest BCUT2D eigenvalue weighted by atomic mass is 10.1. The van der Waals surface area contributed by atoms with E-state index in [0.29, 0.717) is 56.1 Å². The largest absolute Gasteiger partial charge is 0.504 e. The van der Waals surface area contributed by atoms with Crippen LogP contribution in [0.5, 0.6) is 17.2 Å². The fourth-order valence-electron chi connectivity index (χ4n) is 5.53. The van der Waals surface area contributed by atoms with Crippen LogP contribution < -0.4 is 31.3 Å². The predicted octanol–water partition coefficient (Wildman–Crippen LogP) is 2.03. The molecule has 4 aromatic rings. The van der Waals surface area contributed by atoms with Crippen LogP contribution in [0.1, 0.15) is 40.4 Å². The summed E-state index contributed by atoms with van der Waals surface area (Å²) in [5.74, 6) is -1.04. The second-order valence-electron chi connectivity index (χ2n) is 11.1. The number of rotatable bonds is 10. The van der Waals surface area contributed by atoms with Gasteiger partial charge in [0, 0.05) is 63.1 Å². The van der Waals surface area contributed by atoms with E-state index in [-0.39, 0.29) is 52.7 Å². The molecule has 45 heavy (non-hydrogen) atoms. The van der Waals surface area contributed by atoms with Crippen LogP contribution >= 0.6 is 0 Å². The lowest BCUT2D eigenvalue weighted by Gasteiger charge is -2.35. The number of hydrogen-bond acceptors (Lipinski definition) is 12. The normalized spacial score (nSPS) is 15.4. The number of carbonyl (C=O) groups is 1. The summed E-state index contributed by atoms with van der Waals surface area (Å²) >= 11 is 0. The number of carboxylic acids is 1. The molecule has 236 valence electrons. The highest BCUT2D eigenvalue weighted by Gasteiger charge is 2.29. The Hall–Kier alpha value is -5.18. The molecule has 0 atom stereocenters. The lowest BCUT2D eigenvalue weighted by Crippen LogP contribution is -2.48. The number of aromatic hydroxyl groups is 1. The van der Waals surface area contributed by atoms with E-state index in [9.17, 15) is 19.8 Å². The molecule has 0 bridgehead atoms. The summed E-state index contributed by atoms with van der Waals surface area (Å²) in [6, 6.07) is 4.47. The minimum atomic E-state index is -1.35. The summed E-state index contributed by atoms with van der Waals surface area (Å²) in [4.78, 5) is 40.8. The zero-order chi connectivity index (χ0) is 31.8. The number of ether oxygens (including phenoxy) is 2. The fraction of sp³-hybridized carbons (Fsp3) is 0.367. The van der Waals surface area contributed by atoms with Crippen LogP contribution in [0.15, 0.2) is 35.4 Å². The van der Waals surface area contributed by atoms with Gasteiger partial charge in [0.05, 0.1) is 12.5 Å². The van der Waals surface area contributed by atoms with Crippen molar-refractivity contribution < 1.29 is 28.9 Å². The average molecular weight is 621 g/mol. The van der Waals surface area contributed by atoms with E-state index in [4.69, 9.17) is 20.9 Å². The zero-order valence-corrected chi connectivity index (χ0v) is 24.6. The number of phenolic OH excluding ortho intramolecular Hbond substituents is 1. The summed E-state index contributed by atoms with van der Waals surface area (Å²) in [6.45, 7) is 2.98. The van der Waals surface area contributed by atoms with E-state index in [1.54, 1.807) is 22.9 Å². The number of hydrogen-bond donors (Lipinski definition) is 4. The minimum absolute atomic E-state index is 0.0334. The topological polar surface area (TPSA) is 195 Å². The van der Waals surface area contributed by atoms with Gasteiger partial charge in [-0.05, 0) is 36.6 Å². The molecule has 0 radical (unpaired) electrons. The Morgan fingerprint density at radius 3 is 2.56 bits per heavy atom. The van der Waals surface area contributed by atoms with Crippen molar-refractivity contribution in [2.45, 2.75) is 25.3 Å². The molecule has 2 fully saturated rings. The molecule has 14 nitrogen and oxygen atoms in total. The van der Waals surface area contributed by atoms with Crippen LogP contribution in [0.3, 0.4) is 0 Å². The average Bonchev–Trinajstić information content (AvgIpc) is 3.85. The van der Waals surface area contributed by atoms with Crippen molar-refractivity contribution in [1.82, 2.24) is 24.4 Å². The van der Waals surface area contributed by atoms with E-state index in [1.807, 2.05) is 4.90 Å². The van der Waals surface area contributed by atoms with Crippen LogP contribution in [0, 0.1) is 5.82 Å². The standard InChI is InChI=1S/C30H33FN8O6/c1-44-23-12-16(10-17-14-34-30(33)35-26(17)32)11-22(40)25(23)45-9-8-37-4-6-38(7-5-37)28-21(31)13-19-24(41)20(29(42)43)15-39(18-2-3-18)27(19)36-28/h11-15,18,40H,2-10H2,1H3,(H,42,43)(H4,32,33,34,35). The monoisotopic (exact) mass is 620 g/mol. The lowest BCUT2D eigenvalue weighted by molar-refractivity contribution is 0.0694. The molecule has 0 amide bonds. The first kappa shape index (κ1) is 29.9. The summed E-state index contributed by atoms with van der Waals surface area (Å²) in [7, 11) is 1.49. The molecule has 1 aliphatic carbocycles. The third-order valence-electron chi connectivity index (χ3n) is 8.06. The first-order valence-electron chi connectivity index (χ1n) is 14.5. The maximum atomic E-state index is 15.3. The van der Waals surface area contributed by atoms with Gasteiger partial charge in [-0.15, -0.1) is 0 Å². The molecule has 6 rings (SSSR count). The fourth-order valence-corrected chi connectivity index (χ4v) is 5.53. The maximum Gasteiger partial charge on any atom is 0.341 e. The molecule has 1 aromatic carbocycles. The van der Waals surface area contributed by atoms with Crippen LogP contribution in [0.4, 0.5) is 22.0 Å². The highest BCUT2D eigenvalue weighted by Crippen LogP contribution is 2.39. The summed E-state index contributed by atoms with van der Waals surface area (Å²) in [5, 5.41) is 20.1. The molecule has 3 aromatic heterocycles. The van der Waals surface area contributed by atoms with E-state index in [2.05, 4.69) is 19.9 Å². The smallest absolute Gasteiger partial charge is 0.341 e. The van der Waals surface area contributed by atoms with Crippen molar-refractivity contribution in [3.8, 4) is 17.2 Å². The Kier molecular flexibility index (Phi) is 8.01. The Balaban J connectivity index is 1.09. The second-order valence-corrected chi connectivity index (χ2v) is 11.1. The Labute approximate surface area is 256 Å². The number of carboxylic acid groups (broad SMARTS) is 1. The van der Waals surface area contributed by atoms with Crippen molar-refractivity contribution in [3.63, 3.8) is 0 Å². The van der Waals surface area contributed by atoms with E-state index >= 15 is 4.39 Å². The molecule has 15 heteroatoms. The van der Waals surface area contributed by atoms with Gasteiger partial charge in [0.25, 0.3) is 0 Å². The van der Waals surface area contributed by atoms with Gasteiger partial charge in [0.2, 0.25) is 17.1 Å². The number of anilines is 3. The van der Waals surface area contributed by atoms with Crippen LogP contribution in [-0.2, 0) is 6.42 Å².